The lowest BCUT2D eigenvalue weighted by atomic mass is 10.1. The molecule has 2 N–H and O–H groups in total. The number of benzene rings is 1. The van der Waals surface area contributed by atoms with Gasteiger partial charge in [-0.1, -0.05) is 0 Å². The molecule has 0 saturated carbocycles. The van der Waals surface area contributed by atoms with Gasteiger partial charge in [0, 0.05) is 17.0 Å². The lowest BCUT2D eigenvalue weighted by Gasteiger charge is -2.02. The number of hydrogen-bond donors (Lipinski definition) is 2. The van der Waals surface area contributed by atoms with Crippen molar-refractivity contribution in [2.45, 2.75) is 11.3 Å². The number of anilines is 1. The molecular formula is C9H10ClNOS. The Morgan fingerprint density at radius 3 is 2.69 bits per heavy atom. The molecule has 0 aromatic heterocycles. The fourth-order valence-electron chi connectivity index (χ4n) is 1.08. The molecule has 0 unspecified atom stereocenters. The molecule has 1 rings (SSSR count). The van der Waals surface area contributed by atoms with Crippen LogP contribution in [0.1, 0.15) is 5.56 Å². The predicted molar refractivity (Wildman–Crippen MR) is 57.5 cm³/mol. The number of thiol groups is 1. The van der Waals surface area contributed by atoms with Crippen molar-refractivity contribution in [1.82, 2.24) is 0 Å². The van der Waals surface area contributed by atoms with Crippen LogP contribution in [0.3, 0.4) is 0 Å². The number of nitrogens with two attached hydrogens (primary N) is 1. The number of carbonyl (C=O) groups is 1. The Bertz CT molecular complexity index is 307. The molecule has 0 aliphatic heterocycles. The molecule has 1 aromatic rings. The van der Waals surface area contributed by atoms with Crippen LogP contribution in [0.15, 0.2) is 23.1 Å². The Kier molecular flexibility index (Phi) is 3.63. The fraction of sp³-hybridized carbons (Fsp3) is 0.222. The maximum atomic E-state index is 11.0. The maximum absolute atomic E-state index is 11.0. The Morgan fingerprint density at radius 2 is 2.15 bits per heavy atom. The molecule has 0 aliphatic rings. The van der Waals surface area contributed by atoms with E-state index in [0.29, 0.717) is 12.1 Å². The van der Waals surface area contributed by atoms with Crippen molar-refractivity contribution in [3.63, 3.8) is 0 Å². The molecule has 4 heteroatoms. The highest BCUT2D eigenvalue weighted by Crippen LogP contribution is 2.15. The number of Topliss-reactive ketones (excluding diaryl/α,β-unsaturated/α-hetero) is 1. The van der Waals surface area contributed by atoms with Gasteiger partial charge < -0.3 is 5.73 Å². The van der Waals surface area contributed by atoms with Crippen molar-refractivity contribution in [3.05, 3.63) is 23.8 Å². The first-order valence-electron chi connectivity index (χ1n) is 3.78. The van der Waals surface area contributed by atoms with E-state index < -0.39 is 0 Å². The van der Waals surface area contributed by atoms with Crippen LogP contribution in [-0.2, 0) is 11.2 Å². The molecule has 0 spiro atoms. The summed E-state index contributed by atoms with van der Waals surface area (Å²) in [4.78, 5) is 11.8. The molecular weight excluding hydrogens is 206 g/mol. The van der Waals surface area contributed by atoms with Crippen LogP contribution in [-0.4, -0.2) is 11.7 Å². The van der Waals surface area contributed by atoms with E-state index in [1.807, 2.05) is 6.07 Å². The quantitative estimate of drug-likeness (QED) is 0.460. The van der Waals surface area contributed by atoms with Crippen LogP contribution < -0.4 is 5.73 Å². The largest absolute Gasteiger partial charge is 0.399 e. The monoisotopic (exact) mass is 215 g/mol. The van der Waals surface area contributed by atoms with Crippen molar-refractivity contribution >= 4 is 35.7 Å². The summed E-state index contributed by atoms with van der Waals surface area (Å²) in [5.74, 6) is 0.0245. The molecule has 0 heterocycles. The van der Waals surface area contributed by atoms with Crippen LogP contribution >= 0.6 is 24.2 Å². The summed E-state index contributed by atoms with van der Waals surface area (Å²) in [6.45, 7) is 0. The van der Waals surface area contributed by atoms with E-state index in [0.717, 1.165) is 10.5 Å². The van der Waals surface area contributed by atoms with Gasteiger partial charge in [-0.2, -0.15) is 0 Å². The lowest BCUT2D eigenvalue weighted by molar-refractivity contribution is -0.116. The van der Waals surface area contributed by atoms with E-state index in [-0.39, 0.29) is 11.7 Å². The van der Waals surface area contributed by atoms with Crippen LogP contribution in [0.5, 0.6) is 0 Å². The summed E-state index contributed by atoms with van der Waals surface area (Å²) in [6, 6.07) is 5.30. The van der Waals surface area contributed by atoms with E-state index >= 15 is 0 Å². The van der Waals surface area contributed by atoms with E-state index in [9.17, 15) is 4.79 Å². The Hall–Kier alpha value is -0.670. The topological polar surface area (TPSA) is 43.1 Å². The third kappa shape index (κ3) is 3.28. The van der Waals surface area contributed by atoms with Gasteiger partial charge in [0.05, 0.1) is 5.88 Å². The average molecular weight is 216 g/mol. The van der Waals surface area contributed by atoms with Crippen molar-refractivity contribution in [1.29, 1.82) is 0 Å². The minimum absolute atomic E-state index is 0.0139. The lowest BCUT2D eigenvalue weighted by Crippen LogP contribution is -2.04. The van der Waals surface area contributed by atoms with Crippen molar-refractivity contribution in [3.8, 4) is 0 Å². The first-order chi connectivity index (χ1) is 6.11. The average Bonchev–Trinajstić information content (AvgIpc) is 2.02. The summed E-state index contributed by atoms with van der Waals surface area (Å²) in [7, 11) is 0. The number of carbonyl (C=O) groups excluding carboxylic acids is 1. The zero-order valence-electron chi connectivity index (χ0n) is 6.96. The zero-order chi connectivity index (χ0) is 9.84. The van der Waals surface area contributed by atoms with Crippen LogP contribution in [0.4, 0.5) is 5.69 Å². The number of alkyl halides is 1. The van der Waals surface area contributed by atoms with Gasteiger partial charge in [-0.3, -0.25) is 4.79 Å². The summed E-state index contributed by atoms with van der Waals surface area (Å²) in [5.41, 5.74) is 7.06. The SMILES string of the molecule is Nc1cc(S)cc(CC(=O)CCl)c1. The highest BCUT2D eigenvalue weighted by Gasteiger charge is 2.03. The van der Waals surface area contributed by atoms with Crippen molar-refractivity contribution in [2.24, 2.45) is 0 Å². The number of rotatable bonds is 3. The van der Waals surface area contributed by atoms with Gasteiger partial charge in [0.15, 0.2) is 5.78 Å². The summed E-state index contributed by atoms with van der Waals surface area (Å²) in [6.07, 6.45) is 0.322. The van der Waals surface area contributed by atoms with Gasteiger partial charge in [-0.25, -0.2) is 0 Å². The first-order valence-corrected chi connectivity index (χ1v) is 4.76. The van der Waals surface area contributed by atoms with Crippen molar-refractivity contribution in [2.75, 3.05) is 11.6 Å². The molecule has 0 radical (unpaired) electrons. The third-order valence-electron chi connectivity index (χ3n) is 1.55. The van der Waals surface area contributed by atoms with Gasteiger partial charge >= 0.3 is 0 Å². The van der Waals surface area contributed by atoms with E-state index in [1.165, 1.54) is 0 Å². The molecule has 2 nitrogen and oxygen atoms in total. The molecule has 0 saturated heterocycles. The smallest absolute Gasteiger partial charge is 0.151 e. The molecule has 0 atom stereocenters. The van der Waals surface area contributed by atoms with Gasteiger partial charge in [-0.05, 0) is 23.8 Å². The summed E-state index contributed by atoms with van der Waals surface area (Å²) < 4.78 is 0. The van der Waals surface area contributed by atoms with Gasteiger partial charge in [-0.15, -0.1) is 24.2 Å². The standard InChI is InChI=1S/C9H10ClNOS/c10-5-8(12)2-6-1-7(11)4-9(13)3-6/h1,3-4,13H,2,5,11H2. The fourth-order valence-corrected chi connectivity index (χ4v) is 1.49. The molecule has 0 bridgehead atoms. The minimum Gasteiger partial charge on any atom is -0.399 e. The van der Waals surface area contributed by atoms with Gasteiger partial charge in [0.1, 0.15) is 0 Å². The predicted octanol–water partition coefficient (Wildman–Crippen LogP) is 1.91. The van der Waals surface area contributed by atoms with E-state index in [4.69, 9.17) is 17.3 Å². The summed E-state index contributed by atoms with van der Waals surface area (Å²) in [5, 5.41) is 0. The second kappa shape index (κ2) is 4.53. The highest BCUT2D eigenvalue weighted by molar-refractivity contribution is 7.80. The number of nitrogen functional groups attached to an aromatic ring is 1. The molecule has 0 fully saturated rings. The number of ketones is 1. The molecule has 13 heavy (non-hydrogen) atoms. The third-order valence-corrected chi connectivity index (χ3v) is 2.11. The Labute approximate surface area is 87.5 Å². The van der Waals surface area contributed by atoms with Gasteiger partial charge in [0.25, 0.3) is 0 Å². The van der Waals surface area contributed by atoms with Crippen LogP contribution in [0, 0.1) is 0 Å². The van der Waals surface area contributed by atoms with Gasteiger partial charge in [0.2, 0.25) is 0 Å². The van der Waals surface area contributed by atoms with Crippen LogP contribution in [0.2, 0.25) is 0 Å². The number of halogens is 1. The highest BCUT2D eigenvalue weighted by atomic mass is 35.5. The Morgan fingerprint density at radius 1 is 1.46 bits per heavy atom. The molecule has 0 amide bonds. The molecule has 70 valence electrons. The van der Waals surface area contributed by atoms with E-state index in [1.54, 1.807) is 12.1 Å². The first kappa shape index (κ1) is 10.4. The second-order valence-electron chi connectivity index (χ2n) is 2.78. The number of hydrogen-bond acceptors (Lipinski definition) is 3. The second-order valence-corrected chi connectivity index (χ2v) is 3.57. The normalized spacial score (nSPS) is 10.0. The van der Waals surface area contributed by atoms with Crippen LogP contribution in [0.25, 0.3) is 0 Å². The van der Waals surface area contributed by atoms with Crippen molar-refractivity contribution < 1.29 is 4.79 Å². The summed E-state index contributed by atoms with van der Waals surface area (Å²) >= 11 is 9.53. The molecule has 0 aliphatic carbocycles. The maximum Gasteiger partial charge on any atom is 0.151 e. The van der Waals surface area contributed by atoms with E-state index in [2.05, 4.69) is 12.6 Å². The minimum atomic E-state index is -0.0139. The Balaban J connectivity index is 2.83. The molecule has 1 aromatic carbocycles. The zero-order valence-corrected chi connectivity index (χ0v) is 8.61.